The van der Waals surface area contributed by atoms with Crippen molar-refractivity contribution in [2.45, 2.75) is 70.5 Å². The molecule has 0 aromatic heterocycles. The molecule has 132 valence electrons. The van der Waals surface area contributed by atoms with Crippen molar-refractivity contribution in [1.82, 2.24) is 0 Å². The van der Waals surface area contributed by atoms with Gasteiger partial charge in [-0.3, -0.25) is 0 Å². The molecule has 1 fully saturated rings. The quantitative estimate of drug-likeness (QED) is 0.560. The number of ether oxygens (including phenoxy) is 4. The second-order valence-electron chi connectivity index (χ2n) is 6.46. The summed E-state index contributed by atoms with van der Waals surface area (Å²) in [6, 6.07) is 0. The van der Waals surface area contributed by atoms with Crippen LogP contribution in [-0.4, -0.2) is 51.7 Å². The summed E-state index contributed by atoms with van der Waals surface area (Å²) in [5.74, 6) is 0. The molecular formula is C17H34O5. The van der Waals surface area contributed by atoms with Gasteiger partial charge in [0.05, 0.1) is 12.2 Å². The van der Waals surface area contributed by atoms with E-state index < -0.39 is 0 Å². The third kappa shape index (κ3) is 6.92. The lowest BCUT2D eigenvalue weighted by atomic mass is 9.69. The number of methoxy groups -OCH3 is 2. The van der Waals surface area contributed by atoms with Gasteiger partial charge >= 0.3 is 0 Å². The van der Waals surface area contributed by atoms with E-state index in [-0.39, 0.29) is 37.8 Å². The van der Waals surface area contributed by atoms with E-state index in [2.05, 4.69) is 0 Å². The van der Waals surface area contributed by atoms with E-state index >= 15 is 0 Å². The number of aliphatic hydroxyl groups is 1. The van der Waals surface area contributed by atoms with Gasteiger partial charge in [0.1, 0.15) is 13.6 Å². The largest absolute Gasteiger partial charge is 0.396 e. The molecule has 0 saturated heterocycles. The molecule has 0 bridgehead atoms. The van der Waals surface area contributed by atoms with Gasteiger partial charge in [0.2, 0.25) is 0 Å². The Hall–Kier alpha value is -0.200. The van der Waals surface area contributed by atoms with E-state index in [4.69, 9.17) is 18.9 Å². The molecule has 2 unspecified atom stereocenters. The molecule has 0 amide bonds. The standard InChI is InChI=1S/C17H34O5/c1-15(21-13-19-2)16(22-14-20-3)7-10-17(11-12-18)8-5-4-6-9-17/h15-16,18H,4-14H2,1-3H3. The highest BCUT2D eigenvalue weighted by Crippen LogP contribution is 2.43. The summed E-state index contributed by atoms with van der Waals surface area (Å²) >= 11 is 0. The van der Waals surface area contributed by atoms with Crippen molar-refractivity contribution in [3.63, 3.8) is 0 Å². The Morgan fingerprint density at radius 1 is 0.955 bits per heavy atom. The fourth-order valence-electron chi connectivity index (χ4n) is 3.50. The average Bonchev–Trinajstić information content (AvgIpc) is 2.54. The van der Waals surface area contributed by atoms with Gasteiger partial charge in [-0.25, -0.2) is 0 Å². The summed E-state index contributed by atoms with van der Waals surface area (Å²) in [4.78, 5) is 0. The van der Waals surface area contributed by atoms with Crippen LogP contribution >= 0.6 is 0 Å². The van der Waals surface area contributed by atoms with Crippen molar-refractivity contribution < 1.29 is 24.1 Å². The first-order valence-electron chi connectivity index (χ1n) is 8.49. The van der Waals surface area contributed by atoms with Gasteiger partial charge in [-0.05, 0) is 44.4 Å². The Balaban J connectivity index is 2.54. The summed E-state index contributed by atoms with van der Waals surface area (Å²) in [5, 5.41) is 9.42. The lowest BCUT2D eigenvalue weighted by Crippen LogP contribution is -2.34. The Morgan fingerprint density at radius 3 is 2.18 bits per heavy atom. The van der Waals surface area contributed by atoms with Gasteiger partial charge in [-0.1, -0.05) is 19.3 Å². The smallest absolute Gasteiger partial charge is 0.146 e. The first-order valence-corrected chi connectivity index (χ1v) is 8.49. The van der Waals surface area contributed by atoms with E-state index in [0.29, 0.717) is 0 Å². The summed E-state index contributed by atoms with van der Waals surface area (Å²) in [7, 11) is 3.25. The number of hydrogen-bond acceptors (Lipinski definition) is 5. The zero-order valence-corrected chi connectivity index (χ0v) is 14.5. The predicted molar refractivity (Wildman–Crippen MR) is 85.6 cm³/mol. The highest BCUT2D eigenvalue weighted by atomic mass is 16.7. The molecule has 1 N–H and O–H groups in total. The van der Waals surface area contributed by atoms with Crippen molar-refractivity contribution in [2.75, 3.05) is 34.4 Å². The van der Waals surface area contributed by atoms with Crippen LogP contribution < -0.4 is 0 Å². The fraction of sp³-hybridized carbons (Fsp3) is 1.00. The number of aliphatic hydroxyl groups excluding tert-OH is 1. The minimum Gasteiger partial charge on any atom is -0.396 e. The second-order valence-corrected chi connectivity index (χ2v) is 6.46. The Morgan fingerprint density at radius 2 is 1.59 bits per heavy atom. The van der Waals surface area contributed by atoms with Gasteiger partial charge < -0.3 is 24.1 Å². The highest BCUT2D eigenvalue weighted by Gasteiger charge is 2.33. The van der Waals surface area contributed by atoms with Crippen LogP contribution in [0.5, 0.6) is 0 Å². The van der Waals surface area contributed by atoms with Crippen LogP contribution in [0.15, 0.2) is 0 Å². The molecule has 0 heterocycles. The summed E-state index contributed by atoms with van der Waals surface area (Å²) in [6.07, 6.45) is 9.17. The molecule has 0 aromatic carbocycles. The van der Waals surface area contributed by atoms with Crippen LogP contribution in [0.25, 0.3) is 0 Å². The van der Waals surface area contributed by atoms with Crippen LogP contribution in [0.3, 0.4) is 0 Å². The monoisotopic (exact) mass is 318 g/mol. The molecule has 2 atom stereocenters. The summed E-state index contributed by atoms with van der Waals surface area (Å²) < 4.78 is 21.5. The fourth-order valence-corrected chi connectivity index (χ4v) is 3.50. The maximum atomic E-state index is 9.42. The Bertz CT molecular complexity index is 260. The van der Waals surface area contributed by atoms with Crippen LogP contribution in [0, 0.1) is 5.41 Å². The molecule has 0 radical (unpaired) electrons. The van der Waals surface area contributed by atoms with Crippen LogP contribution in [0.2, 0.25) is 0 Å². The molecule has 0 spiro atoms. The van der Waals surface area contributed by atoms with Gasteiger partial charge in [-0.2, -0.15) is 0 Å². The van der Waals surface area contributed by atoms with E-state index in [1.807, 2.05) is 6.92 Å². The van der Waals surface area contributed by atoms with Crippen LogP contribution in [0.4, 0.5) is 0 Å². The average molecular weight is 318 g/mol. The van der Waals surface area contributed by atoms with Gasteiger partial charge in [0, 0.05) is 20.8 Å². The summed E-state index contributed by atoms with van der Waals surface area (Å²) in [6.45, 7) is 2.84. The molecule has 22 heavy (non-hydrogen) atoms. The molecule has 1 aliphatic carbocycles. The second kappa shape index (κ2) is 11.4. The molecule has 1 saturated carbocycles. The van der Waals surface area contributed by atoms with Crippen LogP contribution in [-0.2, 0) is 18.9 Å². The van der Waals surface area contributed by atoms with E-state index in [1.54, 1.807) is 14.2 Å². The zero-order valence-electron chi connectivity index (χ0n) is 14.5. The third-order valence-corrected chi connectivity index (χ3v) is 4.89. The summed E-state index contributed by atoms with van der Waals surface area (Å²) in [5.41, 5.74) is 0.280. The molecular weight excluding hydrogens is 284 g/mol. The predicted octanol–water partition coefficient (Wildman–Crippen LogP) is 3.10. The third-order valence-electron chi connectivity index (χ3n) is 4.89. The normalized spacial score (nSPS) is 20.7. The van der Waals surface area contributed by atoms with Crippen molar-refractivity contribution in [3.05, 3.63) is 0 Å². The van der Waals surface area contributed by atoms with Crippen LogP contribution in [0.1, 0.15) is 58.3 Å². The van der Waals surface area contributed by atoms with E-state index in [9.17, 15) is 5.11 Å². The Kier molecular flexibility index (Phi) is 10.2. The first kappa shape index (κ1) is 19.8. The highest BCUT2D eigenvalue weighted by molar-refractivity contribution is 4.84. The zero-order chi connectivity index (χ0) is 16.3. The van der Waals surface area contributed by atoms with Gasteiger partial charge in [-0.15, -0.1) is 0 Å². The molecule has 1 rings (SSSR count). The van der Waals surface area contributed by atoms with E-state index in [0.717, 1.165) is 19.3 Å². The molecule has 5 heteroatoms. The Labute approximate surface area is 135 Å². The van der Waals surface area contributed by atoms with Gasteiger partial charge in [0.25, 0.3) is 0 Å². The van der Waals surface area contributed by atoms with E-state index in [1.165, 1.54) is 32.1 Å². The van der Waals surface area contributed by atoms with Crippen molar-refractivity contribution in [2.24, 2.45) is 5.41 Å². The topological polar surface area (TPSA) is 57.2 Å². The lowest BCUT2D eigenvalue weighted by Gasteiger charge is -2.38. The van der Waals surface area contributed by atoms with Crippen molar-refractivity contribution in [3.8, 4) is 0 Å². The molecule has 0 aliphatic heterocycles. The SMILES string of the molecule is COCOC(C)C(CCC1(CCO)CCCCC1)OCOC. The number of rotatable bonds is 12. The van der Waals surface area contributed by atoms with Crippen molar-refractivity contribution >= 4 is 0 Å². The first-order chi connectivity index (χ1) is 10.7. The molecule has 5 nitrogen and oxygen atoms in total. The minimum atomic E-state index is -0.0372. The maximum absolute atomic E-state index is 9.42. The van der Waals surface area contributed by atoms with Gasteiger partial charge in [0.15, 0.2) is 0 Å². The molecule has 1 aliphatic rings. The maximum Gasteiger partial charge on any atom is 0.146 e. The van der Waals surface area contributed by atoms with Crippen molar-refractivity contribution in [1.29, 1.82) is 0 Å². The molecule has 0 aromatic rings. The lowest BCUT2D eigenvalue weighted by molar-refractivity contribution is -0.156. The minimum absolute atomic E-state index is 0.00686. The number of hydrogen-bond donors (Lipinski definition) is 1.